The summed E-state index contributed by atoms with van der Waals surface area (Å²) in [5.74, 6) is 0.279. The van der Waals surface area contributed by atoms with Gasteiger partial charge in [0.2, 0.25) is 10.0 Å². The Balaban J connectivity index is 1.61. The van der Waals surface area contributed by atoms with Crippen LogP contribution in [-0.2, 0) is 20.0 Å². The summed E-state index contributed by atoms with van der Waals surface area (Å²) in [5.41, 5.74) is 0.674. The Morgan fingerprint density at radius 2 is 1.62 bits per heavy atom. The Labute approximate surface area is 235 Å². The predicted molar refractivity (Wildman–Crippen MR) is 153 cm³/mol. The van der Waals surface area contributed by atoms with Crippen LogP contribution in [0.4, 0.5) is 11.4 Å². The molecule has 3 aromatic rings. The lowest BCUT2D eigenvalue weighted by molar-refractivity contribution is 0.102. The number of piperidine rings is 1. The highest BCUT2D eigenvalue weighted by atomic mass is 32.2. The topological polar surface area (TPSA) is 122 Å². The van der Waals surface area contributed by atoms with E-state index in [1.165, 1.54) is 60.9 Å². The fourth-order valence-electron chi connectivity index (χ4n) is 4.38. The monoisotopic (exact) mass is 587 g/mol. The minimum atomic E-state index is -3.99. The second-order valence-corrected chi connectivity index (χ2v) is 13.1. The van der Waals surface area contributed by atoms with Crippen molar-refractivity contribution >= 4 is 37.3 Å². The maximum atomic E-state index is 13.3. The number of amides is 1. The number of hydrogen-bond donors (Lipinski definition) is 1. The van der Waals surface area contributed by atoms with Crippen LogP contribution in [0, 0.1) is 0 Å². The van der Waals surface area contributed by atoms with Gasteiger partial charge in [-0.15, -0.1) is 0 Å². The number of ether oxygens (including phenoxy) is 2. The third kappa shape index (κ3) is 6.24. The summed E-state index contributed by atoms with van der Waals surface area (Å²) in [6.45, 7) is 2.97. The number of carbonyl (C=O) groups excluding carboxylic acids is 1. The van der Waals surface area contributed by atoms with Crippen molar-refractivity contribution in [1.82, 2.24) is 4.31 Å². The summed E-state index contributed by atoms with van der Waals surface area (Å²) >= 11 is 0. The molecule has 1 aliphatic heterocycles. The number of nitrogens with one attached hydrogen (secondary N) is 1. The van der Waals surface area contributed by atoms with Gasteiger partial charge >= 0.3 is 0 Å². The van der Waals surface area contributed by atoms with Crippen molar-refractivity contribution in [2.75, 3.05) is 43.5 Å². The molecule has 4 rings (SSSR count). The minimum absolute atomic E-state index is 0.0468. The van der Waals surface area contributed by atoms with Crippen molar-refractivity contribution in [3.05, 3.63) is 72.3 Å². The van der Waals surface area contributed by atoms with Crippen LogP contribution < -0.4 is 19.1 Å². The maximum absolute atomic E-state index is 13.3. The Kier molecular flexibility index (Phi) is 9.02. The van der Waals surface area contributed by atoms with Crippen LogP contribution in [0.5, 0.6) is 11.5 Å². The zero-order valence-corrected chi connectivity index (χ0v) is 24.3. The highest BCUT2D eigenvalue weighted by Gasteiger charge is 2.27. The highest BCUT2D eigenvalue weighted by molar-refractivity contribution is 7.92. The van der Waals surface area contributed by atoms with Crippen molar-refractivity contribution < 1.29 is 31.1 Å². The summed E-state index contributed by atoms with van der Waals surface area (Å²) in [4.78, 5) is 13.2. The van der Waals surface area contributed by atoms with E-state index in [-0.39, 0.29) is 21.0 Å². The third-order valence-corrected chi connectivity index (χ3v) is 10.3. The van der Waals surface area contributed by atoms with Crippen molar-refractivity contribution in [3.63, 3.8) is 0 Å². The molecular formula is C28H33N3O7S2. The van der Waals surface area contributed by atoms with Gasteiger partial charge in [-0.05, 0) is 80.4 Å². The number of hydrogen-bond acceptors (Lipinski definition) is 7. The molecule has 0 aromatic heterocycles. The summed E-state index contributed by atoms with van der Waals surface area (Å²) in [6, 6.07) is 16.5. The zero-order chi connectivity index (χ0) is 28.9. The van der Waals surface area contributed by atoms with Gasteiger partial charge in [-0.3, -0.25) is 9.10 Å². The number of carbonyl (C=O) groups is 1. The van der Waals surface area contributed by atoms with Gasteiger partial charge in [-0.2, -0.15) is 4.31 Å². The number of nitrogens with zero attached hydrogens (tertiary/aromatic N) is 2. The fraction of sp³-hybridized carbons (Fsp3) is 0.321. The molecule has 12 heteroatoms. The first-order valence-corrected chi connectivity index (χ1v) is 15.8. The predicted octanol–water partition coefficient (Wildman–Crippen LogP) is 4.35. The fourth-order valence-corrected chi connectivity index (χ4v) is 7.17. The average Bonchev–Trinajstić information content (AvgIpc) is 2.98. The Hall–Kier alpha value is -3.61. The third-order valence-electron chi connectivity index (χ3n) is 6.64. The molecule has 40 heavy (non-hydrogen) atoms. The van der Waals surface area contributed by atoms with E-state index in [9.17, 15) is 21.6 Å². The van der Waals surface area contributed by atoms with Gasteiger partial charge in [0, 0.05) is 25.7 Å². The van der Waals surface area contributed by atoms with Crippen LogP contribution in [-0.4, -0.2) is 60.9 Å². The standard InChI is InChI=1S/C28H33N3O7S2/c1-4-38-27-16-15-25(40(35,36)31-17-6-5-7-18-31)20-26(27)29-28(32)21-9-8-10-24(19-21)39(33,34)30(2)22-11-13-23(37-3)14-12-22/h8-16,19-20H,4-7,17-18H2,1-3H3,(H,29,32). The summed E-state index contributed by atoms with van der Waals surface area (Å²) in [5, 5.41) is 2.71. The summed E-state index contributed by atoms with van der Waals surface area (Å²) in [7, 11) is -4.80. The largest absolute Gasteiger partial charge is 0.497 e. The zero-order valence-electron chi connectivity index (χ0n) is 22.7. The Morgan fingerprint density at radius 3 is 2.27 bits per heavy atom. The van der Waals surface area contributed by atoms with Gasteiger partial charge in [0.25, 0.3) is 15.9 Å². The minimum Gasteiger partial charge on any atom is -0.497 e. The summed E-state index contributed by atoms with van der Waals surface area (Å²) in [6.07, 6.45) is 2.58. The Morgan fingerprint density at radius 1 is 0.925 bits per heavy atom. The Bertz CT molecular complexity index is 1570. The van der Waals surface area contributed by atoms with E-state index in [0.29, 0.717) is 36.9 Å². The van der Waals surface area contributed by atoms with Gasteiger partial charge in [-0.25, -0.2) is 16.8 Å². The molecule has 3 aromatic carbocycles. The van der Waals surface area contributed by atoms with Crippen LogP contribution in [0.3, 0.4) is 0 Å². The lowest BCUT2D eigenvalue weighted by Gasteiger charge is -2.26. The van der Waals surface area contributed by atoms with Gasteiger partial charge in [0.05, 0.1) is 34.9 Å². The van der Waals surface area contributed by atoms with E-state index < -0.39 is 26.0 Å². The quantitative estimate of drug-likeness (QED) is 0.374. The second kappa shape index (κ2) is 12.3. The van der Waals surface area contributed by atoms with Crippen LogP contribution in [0.15, 0.2) is 76.5 Å². The van der Waals surface area contributed by atoms with E-state index in [2.05, 4.69) is 5.32 Å². The number of rotatable bonds is 10. The van der Waals surface area contributed by atoms with Crippen LogP contribution in [0.2, 0.25) is 0 Å². The molecule has 0 aliphatic carbocycles. The van der Waals surface area contributed by atoms with Crippen molar-refractivity contribution in [2.45, 2.75) is 36.0 Å². The molecule has 0 bridgehead atoms. The molecule has 0 radical (unpaired) electrons. The normalized spacial score (nSPS) is 14.4. The van der Waals surface area contributed by atoms with Gasteiger partial charge in [0.15, 0.2) is 0 Å². The number of methoxy groups -OCH3 is 1. The molecule has 0 atom stereocenters. The van der Waals surface area contributed by atoms with E-state index >= 15 is 0 Å². The molecular weight excluding hydrogens is 554 g/mol. The SMILES string of the molecule is CCOc1ccc(S(=O)(=O)N2CCCCC2)cc1NC(=O)c1cccc(S(=O)(=O)N(C)c2ccc(OC)cc2)c1. The molecule has 1 heterocycles. The van der Waals surface area contributed by atoms with Crippen LogP contribution >= 0.6 is 0 Å². The number of benzene rings is 3. The molecule has 214 valence electrons. The van der Waals surface area contributed by atoms with Gasteiger partial charge in [-0.1, -0.05) is 12.5 Å². The first-order valence-electron chi connectivity index (χ1n) is 12.9. The number of anilines is 2. The van der Waals surface area contributed by atoms with Crippen LogP contribution in [0.1, 0.15) is 36.5 Å². The molecule has 1 saturated heterocycles. The van der Waals surface area contributed by atoms with Gasteiger partial charge in [0.1, 0.15) is 11.5 Å². The molecule has 10 nitrogen and oxygen atoms in total. The molecule has 1 aliphatic rings. The average molecular weight is 588 g/mol. The molecule has 0 saturated carbocycles. The van der Waals surface area contributed by atoms with Crippen molar-refractivity contribution in [2.24, 2.45) is 0 Å². The van der Waals surface area contributed by atoms with Crippen molar-refractivity contribution in [1.29, 1.82) is 0 Å². The van der Waals surface area contributed by atoms with E-state index in [1.807, 2.05) is 0 Å². The smallest absolute Gasteiger partial charge is 0.264 e. The van der Waals surface area contributed by atoms with E-state index in [1.54, 1.807) is 31.2 Å². The molecule has 0 unspecified atom stereocenters. The maximum Gasteiger partial charge on any atom is 0.264 e. The summed E-state index contributed by atoms with van der Waals surface area (Å²) < 4.78 is 66.5. The second-order valence-electron chi connectivity index (χ2n) is 9.21. The van der Waals surface area contributed by atoms with E-state index in [4.69, 9.17) is 9.47 Å². The van der Waals surface area contributed by atoms with Crippen molar-refractivity contribution in [3.8, 4) is 11.5 Å². The number of sulfonamides is 2. The first-order chi connectivity index (χ1) is 19.1. The lowest BCUT2D eigenvalue weighted by Crippen LogP contribution is -2.35. The van der Waals surface area contributed by atoms with Crippen LogP contribution in [0.25, 0.3) is 0 Å². The first kappa shape index (κ1) is 29.4. The van der Waals surface area contributed by atoms with Gasteiger partial charge < -0.3 is 14.8 Å². The highest BCUT2D eigenvalue weighted by Crippen LogP contribution is 2.31. The van der Waals surface area contributed by atoms with E-state index in [0.717, 1.165) is 23.6 Å². The molecule has 0 spiro atoms. The molecule has 1 amide bonds. The molecule has 1 fully saturated rings. The lowest BCUT2D eigenvalue weighted by atomic mass is 10.2. The molecule has 1 N–H and O–H groups in total.